The smallest absolute Gasteiger partial charge is 0.313 e. The maximum atomic E-state index is 14.1. The van der Waals surface area contributed by atoms with Crippen molar-refractivity contribution in [3.63, 3.8) is 0 Å². The van der Waals surface area contributed by atoms with Crippen molar-refractivity contribution in [2.45, 2.75) is 26.9 Å². The molecule has 1 aliphatic heterocycles. The number of piperazine rings is 1. The van der Waals surface area contributed by atoms with E-state index >= 15 is 0 Å². The fraction of sp³-hybridized carbons (Fsp3) is 0.333. The van der Waals surface area contributed by atoms with Crippen molar-refractivity contribution >= 4 is 11.8 Å². The maximum absolute atomic E-state index is 14.1. The van der Waals surface area contributed by atoms with Gasteiger partial charge in [0.15, 0.2) is 11.6 Å². The summed E-state index contributed by atoms with van der Waals surface area (Å²) in [5.74, 6) is 0.374. The molecule has 0 bridgehead atoms. The highest BCUT2D eigenvalue weighted by Gasteiger charge is 2.25. The zero-order chi connectivity index (χ0) is 24.1. The minimum atomic E-state index is -0.287. The highest BCUT2D eigenvalue weighted by Crippen LogP contribution is 2.38. The molecule has 1 fully saturated rings. The topological polar surface area (TPSA) is 71.7 Å². The van der Waals surface area contributed by atoms with E-state index in [0.29, 0.717) is 36.8 Å². The third kappa shape index (κ3) is 5.26. The van der Waals surface area contributed by atoms with Crippen LogP contribution in [0.25, 0.3) is 11.1 Å². The molecule has 3 aromatic rings. The minimum absolute atomic E-state index is 0.183. The van der Waals surface area contributed by atoms with E-state index in [9.17, 15) is 9.18 Å². The van der Waals surface area contributed by atoms with Gasteiger partial charge in [0.25, 0.3) is 0 Å². The summed E-state index contributed by atoms with van der Waals surface area (Å²) >= 11 is 0. The lowest BCUT2D eigenvalue weighted by Gasteiger charge is -2.36. The van der Waals surface area contributed by atoms with Crippen LogP contribution in [0.4, 0.5) is 10.2 Å². The Morgan fingerprint density at radius 3 is 2.47 bits per heavy atom. The Bertz CT molecular complexity index is 1130. The van der Waals surface area contributed by atoms with Gasteiger partial charge in [-0.25, -0.2) is 9.37 Å². The largest absolute Gasteiger partial charge is 0.422 e. The number of hydrogen-bond acceptors (Lipinski definition) is 6. The SMILES string of the molecule is CC(C)C(=O)Oc1c(-c2ccccc2)ccnc1N1CCN(Cc2cccc(F)c2CN)CC1. The summed E-state index contributed by atoms with van der Waals surface area (Å²) < 4.78 is 20.0. The number of nitrogens with zero attached hydrogens (tertiary/aromatic N) is 3. The normalized spacial score (nSPS) is 14.4. The molecule has 0 saturated carbocycles. The number of carbonyl (C=O) groups excluding carboxylic acids is 1. The van der Waals surface area contributed by atoms with Gasteiger partial charge in [-0.1, -0.05) is 56.3 Å². The van der Waals surface area contributed by atoms with Crippen LogP contribution >= 0.6 is 0 Å². The summed E-state index contributed by atoms with van der Waals surface area (Å²) in [6, 6.07) is 16.9. The monoisotopic (exact) mass is 462 g/mol. The van der Waals surface area contributed by atoms with Gasteiger partial charge >= 0.3 is 5.97 Å². The van der Waals surface area contributed by atoms with Crippen LogP contribution in [-0.2, 0) is 17.9 Å². The average Bonchev–Trinajstić information content (AvgIpc) is 2.85. The van der Waals surface area contributed by atoms with Crippen molar-refractivity contribution < 1.29 is 13.9 Å². The number of hydrogen-bond donors (Lipinski definition) is 1. The van der Waals surface area contributed by atoms with Crippen molar-refractivity contribution in [3.8, 4) is 16.9 Å². The highest BCUT2D eigenvalue weighted by atomic mass is 19.1. The van der Waals surface area contributed by atoms with Crippen LogP contribution in [0.2, 0.25) is 0 Å². The number of carbonyl (C=O) groups is 1. The van der Waals surface area contributed by atoms with Crippen molar-refractivity contribution in [2.75, 3.05) is 31.1 Å². The molecule has 0 aliphatic carbocycles. The first-order valence-electron chi connectivity index (χ1n) is 11.7. The van der Waals surface area contributed by atoms with Crippen molar-refractivity contribution in [3.05, 3.63) is 77.7 Å². The Morgan fingerprint density at radius 1 is 1.06 bits per heavy atom. The van der Waals surface area contributed by atoms with Crippen molar-refractivity contribution in [1.29, 1.82) is 0 Å². The van der Waals surface area contributed by atoms with Crippen LogP contribution in [0.5, 0.6) is 5.75 Å². The molecule has 6 nitrogen and oxygen atoms in total. The lowest BCUT2D eigenvalue weighted by Crippen LogP contribution is -2.46. The first-order valence-corrected chi connectivity index (χ1v) is 11.7. The zero-order valence-electron chi connectivity index (χ0n) is 19.7. The van der Waals surface area contributed by atoms with E-state index in [-0.39, 0.29) is 24.2 Å². The molecular formula is C27H31FN4O2. The molecular weight excluding hydrogens is 431 g/mol. The number of halogens is 1. The Balaban J connectivity index is 1.56. The molecule has 2 N–H and O–H groups in total. The number of benzene rings is 2. The first kappa shape index (κ1) is 23.9. The van der Waals surface area contributed by atoms with E-state index in [1.54, 1.807) is 12.3 Å². The number of anilines is 1. The van der Waals surface area contributed by atoms with E-state index in [1.165, 1.54) is 6.07 Å². The number of rotatable bonds is 7. The summed E-state index contributed by atoms with van der Waals surface area (Å²) in [4.78, 5) is 21.6. The molecule has 2 heterocycles. The molecule has 0 atom stereocenters. The van der Waals surface area contributed by atoms with Gasteiger partial charge in [0.2, 0.25) is 0 Å². The second-order valence-corrected chi connectivity index (χ2v) is 8.80. The molecule has 0 spiro atoms. The average molecular weight is 463 g/mol. The van der Waals surface area contributed by atoms with E-state index in [4.69, 9.17) is 10.5 Å². The van der Waals surface area contributed by atoms with E-state index in [1.807, 2.05) is 56.3 Å². The number of aromatic nitrogens is 1. The summed E-state index contributed by atoms with van der Waals surface area (Å²) in [5, 5.41) is 0. The van der Waals surface area contributed by atoms with Crippen LogP contribution in [-0.4, -0.2) is 42.0 Å². The van der Waals surface area contributed by atoms with Gasteiger partial charge in [0, 0.05) is 56.6 Å². The van der Waals surface area contributed by atoms with Crippen LogP contribution < -0.4 is 15.4 Å². The van der Waals surface area contributed by atoms with Gasteiger partial charge in [-0.15, -0.1) is 0 Å². The van der Waals surface area contributed by atoms with Gasteiger partial charge in [0.05, 0.1) is 5.92 Å². The van der Waals surface area contributed by atoms with E-state index in [2.05, 4.69) is 14.8 Å². The first-order chi connectivity index (χ1) is 16.5. The Kier molecular flexibility index (Phi) is 7.55. The summed E-state index contributed by atoms with van der Waals surface area (Å²) in [6.45, 7) is 7.44. The van der Waals surface area contributed by atoms with Gasteiger partial charge in [-0.05, 0) is 23.3 Å². The molecule has 34 heavy (non-hydrogen) atoms. The van der Waals surface area contributed by atoms with Crippen LogP contribution in [0.1, 0.15) is 25.0 Å². The zero-order valence-corrected chi connectivity index (χ0v) is 19.7. The third-order valence-corrected chi connectivity index (χ3v) is 6.13. The molecule has 0 radical (unpaired) electrons. The second-order valence-electron chi connectivity index (χ2n) is 8.80. The number of esters is 1. The van der Waals surface area contributed by atoms with Gasteiger partial charge in [-0.3, -0.25) is 9.69 Å². The minimum Gasteiger partial charge on any atom is -0.422 e. The van der Waals surface area contributed by atoms with Gasteiger partial charge in [-0.2, -0.15) is 0 Å². The Hall–Kier alpha value is -3.29. The fourth-order valence-electron chi connectivity index (χ4n) is 4.17. The van der Waals surface area contributed by atoms with Crippen LogP contribution in [0.3, 0.4) is 0 Å². The summed E-state index contributed by atoms with van der Waals surface area (Å²) in [7, 11) is 0. The number of pyridine rings is 1. The van der Waals surface area contributed by atoms with Crippen molar-refractivity contribution in [2.24, 2.45) is 11.7 Å². The fourth-order valence-corrected chi connectivity index (χ4v) is 4.17. The lowest BCUT2D eigenvalue weighted by molar-refractivity contribution is -0.137. The summed E-state index contributed by atoms with van der Waals surface area (Å²) in [5.41, 5.74) is 9.09. The van der Waals surface area contributed by atoms with Crippen LogP contribution in [0, 0.1) is 11.7 Å². The Labute approximate surface area is 200 Å². The number of nitrogens with two attached hydrogens (primary N) is 1. The highest BCUT2D eigenvalue weighted by molar-refractivity contribution is 5.83. The third-order valence-electron chi connectivity index (χ3n) is 6.13. The molecule has 0 unspecified atom stereocenters. The standard InChI is InChI=1S/C27H31FN4O2/c1-19(2)27(33)34-25-22(20-7-4-3-5-8-20)11-12-30-26(25)32-15-13-31(14-16-32)18-21-9-6-10-24(28)23(21)17-29/h3-12,19H,13-18,29H2,1-2H3. The second kappa shape index (κ2) is 10.8. The molecule has 0 amide bonds. The van der Waals surface area contributed by atoms with Gasteiger partial charge in [0.1, 0.15) is 5.82 Å². The summed E-state index contributed by atoms with van der Waals surface area (Å²) in [6.07, 6.45) is 1.76. The molecule has 7 heteroatoms. The predicted octanol–water partition coefficient (Wildman–Crippen LogP) is 4.23. The molecule has 1 aromatic heterocycles. The molecule has 4 rings (SSSR count). The van der Waals surface area contributed by atoms with Crippen molar-refractivity contribution in [1.82, 2.24) is 9.88 Å². The van der Waals surface area contributed by atoms with E-state index in [0.717, 1.165) is 29.8 Å². The predicted molar refractivity (Wildman–Crippen MR) is 132 cm³/mol. The number of ether oxygens (including phenoxy) is 1. The van der Waals surface area contributed by atoms with Crippen LogP contribution in [0.15, 0.2) is 60.8 Å². The molecule has 2 aromatic carbocycles. The molecule has 1 aliphatic rings. The maximum Gasteiger partial charge on any atom is 0.313 e. The quantitative estimate of drug-likeness (QED) is 0.530. The van der Waals surface area contributed by atoms with E-state index < -0.39 is 0 Å². The van der Waals surface area contributed by atoms with Gasteiger partial charge < -0.3 is 15.4 Å². The molecule has 178 valence electrons. The molecule has 1 saturated heterocycles. The lowest BCUT2D eigenvalue weighted by atomic mass is 10.0. The Morgan fingerprint density at radius 2 is 1.79 bits per heavy atom.